The fraction of sp³-hybridized carbons (Fsp3) is 0.877. The van der Waals surface area contributed by atoms with E-state index < -0.39 is 207 Å². The van der Waals surface area contributed by atoms with E-state index in [0.29, 0.717) is 0 Å². The van der Waals surface area contributed by atoms with E-state index >= 15 is 0 Å². The third-order valence-corrected chi connectivity index (χ3v) is 19.7. The summed E-state index contributed by atoms with van der Waals surface area (Å²) in [5, 5.41) is 91.0. The topological polar surface area (TPSA) is 382 Å². The van der Waals surface area contributed by atoms with Gasteiger partial charge in [-0.1, -0.05) is 23.2 Å². The molecule has 512 valence electrons. The average Bonchev–Trinajstić information content (AvgIpc) is 1.53. The summed E-state index contributed by atoms with van der Waals surface area (Å²) in [5.41, 5.74) is -3.08. The first-order chi connectivity index (χ1) is 42.6. The third-order valence-electron chi connectivity index (χ3n) is 18.8. The van der Waals surface area contributed by atoms with Crippen LogP contribution in [0, 0.1) is 6.92 Å². The predicted octanol–water partition coefficient (Wildman–Crippen LogP) is -0.363. The van der Waals surface area contributed by atoms with E-state index in [-0.39, 0.29) is 66.2 Å². The molecule has 2 spiro atoms. The van der Waals surface area contributed by atoms with Crippen LogP contribution in [0.4, 0.5) is 0 Å². The van der Waals surface area contributed by atoms with E-state index in [1.165, 1.54) is 49.2 Å². The number of carbonyl (C=O) groups excluding carboxylic acids is 1. The Bertz CT molecular complexity index is 2660. The lowest BCUT2D eigenvalue weighted by atomic mass is 9.80. The minimum absolute atomic E-state index is 0.0169. The molecule has 10 saturated heterocycles. The molecule has 90 heavy (non-hydrogen) atoms. The van der Waals surface area contributed by atoms with Gasteiger partial charge in [-0.2, -0.15) is 0 Å². The van der Waals surface area contributed by atoms with Crippen molar-refractivity contribution in [1.29, 1.82) is 0 Å². The molecule has 2 unspecified atom stereocenters. The van der Waals surface area contributed by atoms with Crippen LogP contribution in [0.15, 0.2) is 0 Å². The second-order valence-corrected chi connectivity index (χ2v) is 25.6. The SMILES string of the molecule is COC[C@H]1O[C@@H](O[C@@H]2OC[C@@H]3O[C@]4(O[C@H]3[C@H]2O)O[C@H](C)[C@@](O)(C(C)O)[C@@H]2OCO[C@H]24)[C@@H](OC)[C@@H](O)[C@@H]1O[C@@H]1O[C@H](C)[C@H](OC)[C@H](O[C@H]2C[C@@]3(C)OC4(C[C@@H](O)[C@H](O[C@H]5C[C@@H](O)[C@H](OC(=O)c6c(C)c(Cl)c(O)c(Cl)c6OC)[C@@H](C)O5)[C@@H](C)O4)O[C@@H]3[C@@H](C)O2)[C@H]1O. The molecule has 11 rings (SSSR count). The van der Waals surface area contributed by atoms with Crippen LogP contribution in [-0.4, -0.2) is 290 Å². The van der Waals surface area contributed by atoms with Crippen molar-refractivity contribution in [3.05, 3.63) is 21.2 Å². The smallest absolute Gasteiger partial charge is 0.342 e. The quantitative estimate of drug-likeness (QED) is 0.0980. The molecule has 0 radical (unpaired) electrons. The first-order valence-electron chi connectivity index (χ1n) is 30.0. The van der Waals surface area contributed by atoms with E-state index in [1.807, 2.05) is 0 Å². The lowest BCUT2D eigenvalue weighted by Gasteiger charge is -2.51. The van der Waals surface area contributed by atoms with E-state index in [9.17, 15) is 45.6 Å². The van der Waals surface area contributed by atoms with Gasteiger partial charge < -0.3 is 145 Å². The molecular weight excluding hydrogens is 1250 g/mol. The summed E-state index contributed by atoms with van der Waals surface area (Å²) in [6, 6.07) is 0. The molecule has 32 atom stereocenters. The number of ether oxygens (including phenoxy) is 22. The molecule has 0 aromatic heterocycles. The highest BCUT2D eigenvalue weighted by atomic mass is 35.5. The van der Waals surface area contributed by atoms with Gasteiger partial charge in [0.25, 0.3) is 5.97 Å². The number of aliphatic hydroxyl groups is 7. The van der Waals surface area contributed by atoms with E-state index in [1.54, 1.807) is 34.6 Å². The number of hydrogen-bond acceptors (Lipinski definition) is 31. The van der Waals surface area contributed by atoms with E-state index in [0.717, 1.165) is 0 Å². The standard InChI is InChI=1S/C57H84Cl2O31/c1-19-32(44(71-11)34(59)35(63)33(19)58)50(67)82-39-20(2)76-30(13-26(39)61)80-40-22(4)85-55(14-27(40)62)89-47-23(5)77-31(15-54(47,8)90-55)81-45-38(66)52(78-21(3)41(45)70-10)83-42-28(16-69-9)79-53(46(72-12)36(42)64)84-51-37(65)43-29(17-73-51)87-57(88-43)49-48(74-18-75-49)56(68,24(6)60)25(7)86-57/h20-31,36-43,45-49,51-53,60-66,68H,13-18H2,1-12H3/t20-,21-,22-,23-,24?,25-,26-,27-,28-,29+,30+,31+,36+,37-,38-,39-,40-,41+,42-,43-,45-,46+,47-,48-,49-,51+,52+,53+,54-,55?,56+,57-/m1/s1. The molecule has 10 heterocycles. The number of phenolic OH excluding ortho intramolecular Hbond substituents is 1. The second kappa shape index (κ2) is 26.7. The van der Waals surface area contributed by atoms with Crippen molar-refractivity contribution in [2.75, 3.05) is 48.4 Å². The third kappa shape index (κ3) is 12.2. The molecule has 33 heteroatoms. The normalized spacial score (nSPS) is 49.7. The lowest BCUT2D eigenvalue weighted by Crippen LogP contribution is -2.72. The molecule has 0 bridgehead atoms. The van der Waals surface area contributed by atoms with Gasteiger partial charge in [-0.3, -0.25) is 0 Å². The number of hydrogen-bond donors (Lipinski definition) is 8. The fourth-order valence-electron chi connectivity index (χ4n) is 14.3. The summed E-state index contributed by atoms with van der Waals surface area (Å²) < 4.78 is 134. The summed E-state index contributed by atoms with van der Waals surface area (Å²) >= 11 is 12.5. The summed E-state index contributed by atoms with van der Waals surface area (Å²) in [4.78, 5) is 13.5. The first-order valence-corrected chi connectivity index (χ1v) is 30.8. The van der Waals surface area contributed by atoms with Gasteiger partial charge in [0, 0.05) is 34.2 Å². The maximum absolute atomic E-state index is 13.5. The second-order valence-electron chi connectivity index (χ2n) is 24.8. The van der Waals surface area contributed by atoms with Gasteiger partial charge in [0.1, 0.15) is 108 Å². The number of esters is 1. The Morgan fingerprint density at radius 2 is 1.36 bits per heavy atom. The van der Waals surface area contributed by atoms with Gasteiger partial charge in [0.2, 0.25) is 0 Å². The molecule has 10 aliphatic rings. The molecule has 1 aromatic carbocycles. The van der Waals surface area contributed by atoms with Crippen molar-refractivity contribution in [2.24, 2.45) is 0 Å². The van der Waals surface area contributed by atoms with Crippen LogP contribution in [-0.2, 0) is 99.5 Å². The van der Waals surface area contributed by atoms with Crippen molar-refractivity contribution in [1.82, 2.24) is 0 Å². The summed E-state index contributed by atoms with van der Waals surface area (Å²) in [7, 11) is 5.38. The number of methoxy groups -OCH3 is 4. The van der Waals surface area contributed by atoms with Gasteiger partial charge in [0.05, 0.1) is 80.6 Å². The minimum Gasteiger partial charge on any atom is -0.505 e. The minimum atomic E-state index is -1.98. The van der Waals surface area contributed by atoms with Crippen molar-refractivity contribution < 1.29 is 150 Å². The number of benzene rings is 1. The Kier molecular flexibility index (Phi) is 20.5. The Morgan fingerprint density at radius 1 is 0.667 bits per heavy atom. The van der Waals surface area contributed by atoms with Crippen molar-refractivity contribution >= 4 is 29.2 Å². The van der Waals surface area contributed by atoms with Crippen molar-refractivity contribution in [3.8, 4) is 11.5 Å². The zero-order valence-corrected chi connectivity index (χ0v) is 53.1. The number of aromatic hydroxyl groups is 1. The molecule has 8 N–H and O–H groups in total. The monoisotopic (exact) mass is 1330 g/mol. The molecule has 31 nitrogen and oxygen atoms in total. The summed E-state index contributed by atoms with van der Waals surface area (Å²) in [6.07, 6.45) is -33.3. The highest BCUT2D eigenvalue weighted by Crippen LogP contribution is 2.53. The predicted molar refractivity (Wildman–Crippen MR) is 295 cm³/mol. The van der Waals surface area contributed by atoms with Gasteiger partial charge in [-0.25, -0.2) is 4.79 Å². The average molecular weight is 1340 g/mol. The number of halogens is 2. The van der Waals surface area contributed by atoms with Crippen LogP contribution in [0.25, 0.3) is 0 Å². The highest BCUT2D eigenvalue weighted by molar-refractivity contribution is 6.39. The molecule has 1 aromatic rings. The number of fused-ring (bicyclic) bond motifs is 4. The highest BCUT2D eigenvalue weighted by Gasteiger charge is 2.72. The number of phenols is 1. The van der Waals surface area contributed by atoms with Crippen LogP contribution in [0.3, 0.4) is 0 Å². The van der Waals surface area contributed by atoms with Crippen molar-refractivity contribution in [3.63, 3.8) is 0 Å². The van der Waals surface area contributed by atoms with Gasteiger partial charge >= 0.3 is 11.9 Å². The Morgan fingerprint density at radius 3 is 2.02 bits per heavy atom. The molecular formula is C57H84Cl2O31. The van der Waals surface area contributed by atoms with Crippen LogP contribution >= 0.6 is 23.2 Å². The zero-order valence-electron chi connectivity index (χ0n) is 51.6. The number of rotatable bonds is 16. The molecule has 10 aliphatic heterocycles. The van der Waals surface area contributed by atoms with Crippen molar-refractivity contribution in [2.45, 2.75) is 270 Å². The van der Waals surface area contributed by atoms with Crippen LogP contribution in [0.2, 0.25) is 10.0 Å². The number of carbonyl (C=O) groups is 1. The van der Waals surface area contributed by atoms with Crippen LogP contribution < -0.4 is 4.74 Å². The maximum Gasteiger partial charge on any atom is 0.342 e. The summed E-state index contributed by atoms with van der Waals surface area (Å²) in [5.74, 6) is -5.34. The summed E-state index contributed by atoms with van der Waals surface area (Å²) in [6.45, 7) is 12.2. The van der Waals surface area contributed by atoms with Gasteiger partial charge in [0.15, 0.2) is 55.2 Å². The molecule has 0 amide bonds. The first kappa shape index (κ1) is 69.2. The maximum atomic E-state index is 13.5. The van der Waals surface area contributed by atoms with E-state index in [2.05, 4.69) is 0 Å². The largest absolute Gasteiger partial charge is 0.505 e. The van der Waals surface area contributed by atoms with Gasteiger partial charge in [-0.05, 0) is 61.0 Å². The zero-order chi connectivity index (χ0) is 65.0. The molecule has 0 saturated carbocycles. The Balaban J connectivity index is 0.701. The van der Waals surface area contributed by atoms with E-state index in [4.69, 9.17) is 127 Å². The van der Waals surface area contributed by atoms with Crippen LogP contribution in [0.1, 0.15) is 83.7 Å². The Hall–Kier alpha value is -2.21. The molecule has 0 aliphatic carbocycles. The number of aliphatic hydroxyl groups excluding tert-OH is 6. The fourth-order valence-corrected chi connectivity index (χ4v) is 14.8. The molecule has 10 fully saturated rings. The lowest BCUT2D eigenvalue weighted by molar-refractivity contribution is -0.439. The van der Waals surface area contributed by atoms with Gasteiger partial charge in [-0.15, -0.1) is 0 Å². The van der Waals surface area contributed by atoms with Crippen LogP contribution in [0.5, 0.6) is 11.5 Å². The Labute approximate surface area is 528 Å².